The average molecular weight is 516 g/mol. The summed E-state index contributed by atoms with van der Waals surface area (Å²) in [5, 5.41) is 22.2. The Labute approximate surface area is 216 Å². The minimum atomic E-state index is -1.13. The van der Waals surface area contributed by atoms with Crippen molar-refractivity contribution in [2.75, 3.05) is 19.1 Å². The summed E-state index contributed by atoms with van der Waals surface area (Å²) < 4.78 is 17.5. The Kier molecular flexibility index (Phi) is 9.45. The van der Waals surface area contributed by atoms with Crippen LogP contribution in [0.4, 0.5) is 5.82 Å². The maximum Gasteiger partial charge on any atom is 0.313 e. The molecule has 0 bridgehead atoms. The predicted molar refractivity (Wildman–Crippen MR) is 134 cm³/mol. The van der Waals surface area contributed by atoms with Crippen LogP contribution >= 0.6 is 0 Å². The molecule has 1 aliphatic carbocycles. The van der Waals surface area contributed by atoms with E-state index in [2.05, 4.69) is 20.9 Å². The van der Waals surface area contributed by atoms with E-state index in [4.69, 9.17) is 20.3 Å². The average Bonchev–Trinajstić information content (AvgIpc) is 3.49. The first-order valence-corrected chi connectivity index (χ1v) is 12.7. The van der Waals surface area contributed by atoms with Crippen molar-refractivity contribution in [1.82, 2.24) is 14.6 Å². The molecule has 2 aliphatic rings. The van der Waals surface area contributed by atoms with Gasteiger partial charge in [-0.15, -0.1) is 0 Å². The van der Waals surface area contributed by atoms with E-state index in [1.807, 2.05) is 0 Å². The highest BCUT2D eigenvalue weighted by Crippen LogP contribution is 2.40. The van der Waals surface area contributed by atoms with E-state index < -0.39 is 17.8 Å². The van der Waals surface area contributed by atoms with Crippen molar-refractivity contribution in [1.29, 1.82) is 5.26 Å². The number of nitrogens with zero attached hydrogens (tertiary/aromatic N) is 4. The normalized spacial score (nSPS) is 22.1. The molecule has 11 nitrogen and oxygen atoms in total. The molecule has 1 aliphatic heterocycles. The number of esters is 2. The van der Waals surface area contributed by atoms with Crippen LogP contribution < -0.4 is 5.73 Å². The third-order valence-corrected chi connectivity index (χ3v) is 6.68. The van der Waals surface area contributed by atoms with E-state index >= 15 is 0 Å². The third kappa shape index (κ3) is 7.17. The van der Waals surface area contributed by atoms with E-state index in [0.29, 0.717) is 42.2 Å². The first-order chi connectivity index (χ1) is 17.6. The lowest BCUT2D eigenvalue weighted by atomic mass is 9.87. The molecule has 3 heterocycles. The molecule has 3 N–H and O–H groups in total. The largest absolute Gasteiger partial charge is 0.463 e. The number of nitriles is 1. The number of anilines is 1. The van der Waals surface area contributed by atoms with Crippen LogP contribution in [0.5, 0.6) is 0 Å². The smallest absolute Gasteiger partial charge is 0.313 e. The van der Waals surface area contributed by atoms with Crippen molar-refractivity contribution in [3.05, 3.63) is 24.2 Å². The Morgan fingerprint density at radius 1 is 1.24 bits per heavy atom. The number of nitrogen functional groups attached to an aromatic ring is 1. The molecular formula is C26H37N5O6. The van der Waals surface area contributed by atoms with Gasteiger partial charge < -0.3 is 25.1 Å². The number of nitrogens with two attached hydrogens (primary N) is 1. The lowest BCUT2D eigenvalue weighted by Gasteiger charge is -2.22. The number of hydrogen-bond donors (Lipinski definition) is 2. The quantitative estimate of drug-likeness (QED) is 0.431. The van der Waals surface area contributed by atoms with E-state index in [1.54, 1.807) is 37.4 Å². The molecule has 0 aromatic carbocycles. The van der Waals surface area contributed by atoms with Crippen LogP contribution in [0.15, 0.2) is 18.5 Å². The summed E-state index contributed by atoms with van der Waals surface area (Å²) in [5.41, 5.74) is 5.50. The van der Waals surface area contributed by atoms with Gasteiger partial charge in [-0.2, -0.15) is 10.4 Å². The maximum atomic E-state index is 12.2. The lowest BCUT2D eigenvalue weighted by Crippen LogP contribution is -2.29. The van der Waals surface area contributed by atoms with Crippen molar-refractivity contribution in [3.8, 4) is 6.07 Å². The summed E-state index contributed by atoms with van der Waals surface area (Å²) in [6.45, 7) is 4.83. The zero-order valence-corrected chi connectivity index (χ0v) is 21.8. The van der Waals surface area contributed by atoms with E-state index in [9.17, 15) is 14.9 Å². The summed E-state index contributed by atoms with van der Waals surface area (Å²) in [7, 11) is 0. The van der Waals surface area contributed by atoms with Crippen LogP contribution in [0, 0.1) is 22.7 Å². The molecule has 0 radical (unpaired) electrons. The molecule has 0 amide bonds. The zero-order valence-electron chi connectivity index (χ0n) is 21.8. The zero-order chi connectivity index (χ0) is 27.1. The van der Waals surface area contributed by atoms with Crippen LogP contribution in [-0.2, 0) is 29.4 Å². The topological polar surface area (TPSA) is 162 Å². The molecule has 2 unspecified atom stereocenters. The Morgan fingerprint density at radius 3 is 2.59 bits per heavy atom. The van der Waals surface area contributed by atoms with E-state index in [1.165, 1.54) is 25.6 Å². The Hall–Kier alpha value is -3.23. The Morgan fingerprint density at radius 2 is 1.97 bits per heavy atom. The highest BCUT2D eigenvalue weighted by molar-refractivity contribution is 5.75. The fourth-order valence-corrected chi connectivity index (χ4v) is 4.62. The molecule has 4 rings (SSSR count). The highest BCUT2D eigenvalue weighted by Gasteiger charge is 2.45. The van der Waals surface area contributed by atoms with Crippen LogP contribution in [0.2, 0.25) is 0 Å². The minimum Gasteiger partial charge on any atom is -0.463 e. The van der Waals surface area contributed by atoms with Gasteiger partial charge in [0.1, 0.15) is 24.5 Å². The fourth-order valence-electron chi connectivity index (χ4n) is 4.62. The van der Waals surface area contributed by atoms with Crippen molar-refractivity contribution in [3.63, 3.8) is 0 Å². The van der Waals surface area contributed by atoms with Crippen molar-refractivity contribution in [2.45, 2.75) is 83.8 Å². The summed E-state index contributed by atoms with van der Waals surface area (Å²) in [5.74, 6) is 0.241. The third-order valence-electron chi connectivity index (χ3n) is 6.68. The molecule has 2 aromatic rings. The van der Waals surface area contributed by atoms with Crippen molar-refractivity contribution in [2.24, 2.45) is 11.3 Å². The number of fused-ring (bicyclic) bond motifs is 1. The highest BCUT2D eigenvalue weighted by atomic mass is 16.6. The molecule has 202 valence electrons. The van der Waals surface area contributed by atoms with E-state index in [-0.39, 0.29) is 24.6 Å². The second-order valence-electron chi connectivity index (χ2n) is 10.6. The second kappa shape index (κ2) is 12.3. The number of hydrogen-bond acceptors (Lipinski definition) is 10. The van der Waals surface area contributed by atoms with Gasteiger partial charge in [0.25, 0.3) is 0 Å². The molecule has 2 fully saturated rings. The molecule has 0 spiro atoms. The number of carbonyl (C=O) groups is 2. The maximum absolute atomic E-state index is 12.2. The molecule has 2 atom stereocenters. The number of aliphatic hydroxyl groups excluding tert-OH is 1. The first-order valence-electron chi connectivity index (χ1n) is 12.7. The van der Waals surface area contributed by atoms with Crippen molar-refractivity contribution >= 4 is 23.3 Å². The van der Waals surface area contributed by atoms with Gasteiger partial charge in [-0.1, -0.05) is 19.3 Å². The van der Waals surface area contributed by atoms with Gasteiger partial charge in [0.05, 0.1) is 17.2 Å². The number of rotatable bonds is 6. The number of aromatic nitrogens is 3. The van der Waals surface area contributed by atoms with Gasteiger partial charge in [0.2, 0.25) is 0 Å². The molecule has 2 aromatic heterocycles. The van der Waals surface area contributed by atoms with Crippen LogP contribution in [0.1, 0.15) is 77.8 Å². The SMILES string of the molecule is CC(C)(C)C(=O)OCO.N#CC1(c2ccc3c(N)ncnn23)CCC(COC(=O)CC2CCCCC2)O1. The number of aliphatic hydroxyl groups is 1. The fraction of sp³-hybridized carbons (Fsp3) is 0.654. The second-order valence-corrected chi connectivity index (χ2v) is 10.6. The summed E-state index contributed by atoms with van der Waals surface area (Å²) in [6, 6.07) is 5.87. The van der Waals surface area contributed by atoms with Gasteiger partial charge >= 0.3 is 11.9 Å². The lowest BCUT2D eigenvalue weighted by molar-refractivity contribution is -0.161. The predicted octanol–water partition coefficient (Wildman–Crippen LogP) is 3.25. The Balaban J connectivity index is 0.000000364. The minimum absolute atomic E-state index is 0.168. The molecule has 1 saturated heterocycles. The van der Waals surface area contributed by atoms with Crippen LogP contribution in [0.25, 0.3) is 5.52 Å². The molecular weight excluding hydrogens is 478 g/mol. The Bertz CT molecular complexity index is 1110. The standard InChI is InChI=1S/C20H25N5O3.C6H12O3/c21-12-20(17-7-6-16-19(22)23-13-24-25(16)17)9-8-15(28-20)11-27-18(26)10-14-4-2-1-3-5-14;1-6(2,3)5(8)9-4-7/h6-7,13-15H,1-5,8-11H2,(H2,22,23,24);7H,4H2,1-3H3. The van der Waals surface area contributed by atoms with E-state index in [0.717, 1.165) is 12.8 Å². The molecule has 37 heavy (non-hydrogen) atoms. The molecule has 11 heteroatoms. The van der Waals surface area contributed by atoms with Crippen molar-refractivity contribution < 1.29 is 28.9 Å². The first kappa shape index (κ1) is 28.3. The molecule has 1 saturated carbocycles. The van der Waals surface area contributed by atoms with Crippen LogP contribution in [0.3, 0.4) is 0 Å². The van der Waals surface area contributed by atoms with Gasteiger partial charge in [0, 0.05) is 6.42 Å². The summed E-state index contributed by atoms with van der Waals surface area (Å²) in [4.78, 5) is 26.8. The van der Waals surface area contributed by atoms with Gasteiger partial charge in [-0.25, -0.2) is 9.50 Å². The van der Waals surface area contributed by atoms with Gasteiger partial charge in [-0.3, -0.25) is 9.59 Å². The monoisotopic (exact) mass is 515 g/mol. The van der Waals surface area contributed by atoms with Crippen LogP contribution in [-0.4, -0.2) is 51.1 Å². The van der Waals surface area contributed by atoms with Gasteiger partial charge in [0.15, 0.2) is 18.2 Å². The summed E-state index contributed by atoms with van der Waals surface area (Å²) in [6.07, 6.45) is 8.57. The summed E-state index contributed by atoms with van der Waals surface area (Å²) >= 11 is 0. The number of ether oxygens (including phenoxy) is 3. The van der Waals surface area contributed by atoms with Gasteiger partial charge in [-0.05, 0) is 64.5 Å². The number of carbonyl (C=O) groups excluding carboxylic acids is 2.